The Labute approximate surface area is 231 Å². The Morgan fingerprint density at radius 2 is 1.93 bits per heavy atom. The minimum Gasteiger partial charge on any atom is -0.480 e. The van der Waals surface area contributed by atoms with Gasteiger partial charge in [0.15, 0.2) is 17.3 Å². The smallest absolute Gasteiger partial charge is 0.295 e. The second-order valence-corrected chi connectivity index (χ2v) is 12.7. The predicted octanol–water partition coefficient (Wildman–Crippen LogP) is 3.85. The van der Waals surface area contributed by atoms with E-state index in [2.05, 4.69) is 25.3 Å². The van der Waals surface area contributed by atoms with Crippen LogP contribution in [0.2, 0.25) is 0 Å². The topological polar surface area (TPSA) is 162 Å². The molecule has 0 saturated heterocycles. The fourth-order valence-electron chi connectivity index (χ4n) is 4.96. The molecule has 6 rings (SSSR count). The number of anilines is 1. The summed E-state index contributed by atoms with van der Waals surface area (Å²) >= 11 is 0. The molecule has 0 spiro atoms. The van der Waals surface area contributed by atoms with Crippen molar-refractivity contribution >= 4 is 26.7 Å². The number of rotatable bonds is 9. The number of pyridine rings is 1. The zero-order valence-corrected chi connectivity index (χ0v) is 23.7. The zero-order chi connectivity index (χ0) is 28.2. The molecule has 2 fully saturated rings. The van der Waals surface area contributed by atoms with Crippen molar-refractivity contribution < 1.29 is 8.95 Å². The normalized spacial score (nSPS) is 17.4. The monoisotopic (exact) mass is 561 g/mol. The van der Waals surface area contributed by atoms with Crippen LogP contribution in [0.3, 0.4) is 0 Å². The molecule has 208 valence electrons. The molecule has 2 saturated carbocycles. The van der Waals surface area contributed by atoms with E-state index in [1.807, 2.05) is 13.8 Å². The third kappa shape index (κ3) is 4.89. The molecule has 4 aromatic rings. The summed E-state index contributed by atoms with van der Waals surface area (Å²) in [5.41, 5.74) is 3.68. The van der Waals surface area contributed by atoms with Gasteiger partial charge in [0.1, 0.15) is 22.4 Å². The molecule has 4 heterocycles. The maximum Gasteiger partial charge on any atom is 0.295 e. The lowest BCUT2D eigenvalue weighted by atomic mass is 10.1. The fourth-order valence-corrected chi connectivity index (χ4v) is 5.54. The molecule has 12 nitrogen and oxygen atoms in total. The second-order valence-electron chi connectivity index (χ2n) is 10.6. The van der Waals surface area contributed by atoms with Crippen molar-refractivity contribution in [3.8, 4) is 17.3 Å². The van der Waals surface area contributed by atoms with E-state index in [4.69, 9.17) is 19.5 Å². The Balaban J connectivity index is 1.45. The minimum absolute atomic E-state index is 0.0757. The van der Waals surface area contributed by atoms with Crippen LogP contribution in [-0.4, -0.2) is 52.0 Å². The number of nitrogens with one attached hydrogen (secondary N) is 2. The van der Waals surface area contributed by atoms with Gasteiger partial charge in [-0.2, -0.15) is 0 Å². The van der Waals surface area contributed by atoms with Gasteiger partial charge in [-0.05, 0) is 57.1 Å². The van der Waals surface area contributed by atoms with Crippen LogP contribution in [-0.2, 0) is 16.3 Å². The Bertz CT molecular complexity index is 1780. The first-order chi connectivity index (χ1) is 19.2. The van der Waals surface area contributed by atoms with Gasteiger partial charge in [-0.3, -0.25) is 9.36 Å². The molecule has 0 amide bonds. The van der Waals surface area contributed by atoms with Crippen LogP contribution >= 0.6 is 0 Å². The van der Waals surface area contributed by atoms with Crippen LogP contribution in [0.5, 0.6) is 5.88 Å². The molecule has 2 atom stereocenters. The highest BCUT2D eigenvalue weighted by Crippen LogP contribution is 2.45. The van der Waals surface area contributed by atoms with Gasteiger partial charge in [-0.1, -0.05) is 6.07 Å². The summed E-state index contributed by atoms with van der Waals surface area (Å²) in [5, 5.41) is 3.38. The summed E-state index contributed by atoms with van der Waals surface area (Å²) in [6.45, 7) is 4.19. The number of aromatic nitrogens is 7. The predicted molar refractivity (Wildman–Crippen MR) is 150 cm³/mol. The van der Waals surface area contributed by atoms with Crippen molar-refractivity contribution in [3.05, 3.63) is 52.0 Å². The maximum absolute atomic E-state index is 13.9. The van der Waals surface area contributed by atoms with Gasteiger partial charge in [0.25, 0.3) is 5.56 Å². The van der Waals surface area contributed by atoms with E-state index in [0.717, 1.165) is 36.9 Å². The molecule has 2 aliphatic carbocycles. The van der Waals surface area contributed by atoms with Gasteiger partial charge in [0.05, 0.1) is 28.2 Å². The summed E-state index contributed by atoms with van der Waals surface area (Å²) in [6, 6.07) is 3.24. The van der Waals surface area contributed by atoms with Crippen LogP contribution in [0, 0.1) is 17.6 Å². The van der Waals surface area contributed by atoms with Gasteiger partial charge in [0.2, 0.25) is 5.88 Å². The van der Waals surface area contributed by atoms with Gasteiger partial charge in [-0.25, -0.2) is 38.9 Å². The third-order valence-electron chi connectivity index (χ3n) is 7.50. The number of methoxy groups -OCH3 is 1. The first-order valence-corrected chi connectivity index (χ1v) is 15.2. The van der Waals surface area contributed by atoms with Crippen molar-refractivity contribution in [2.75, 3.05) is 18.7 Å². The van der Waals surface area contributed by atoms with Gasteiger partial charge < -0.3 is 10.1 Å². The van der Waals surface area contributed by atoms with Crippen molar-refractivity contribution in [3.63, 3.8) is 0 Å². The average Bonchev–Trinajstić information content (AvgIpc) is 3.84. The van der Waals surface area contributed by atoms with Crippen LogP contribution in [0.1, 0.15) is 61.5 Å². The molecule has 0 aromatic carbocycles. The number of nitrogens with zero attached hydrogens (tertiary/aromatic N) is 7. The number of ether oxygens (including phenoxy) is 1. The number of aryl methyl sites for hydroxylation is 1. The van der Waals surface area contributed by atoms with Crippen molar-refractivity contribution in [2.45, 2.75) is 63.1 Å². The van der Waals surface area contributed by atoms with Crippen LogP contribution in [0.25, 0.3) is 22.6 Å². The molecule has 2 aliphatic rings. The Morgan fingerprint density at radius 3 is 2.55 bits per heavy atom. The van der Waals surface area contributed by atoms with Crippen LogP contribution in [0.4, 0.5) is 5.82 Å². The first-order valence-electron chi connectivity index (χ1n) is 13.3. The van der Waals surface area contributed by atoms with E-state index in [0.29, 0.717) is 46.0 Å². The lowest BCUT2D eigenvalue weighted by Gasteiger charge is -2.20. The third-order valence-corrected chi connectivity index (χ3v) is 8.54. The molecular weight excluding hydrogens is 530 g/mol. The molecule has 2 N–H and O–H groups in total. The molecule has 40 heavy (non-hydrogen) atoms. The summed E-state index contributed by atoms with van der Waals surface area (Å²) in [6.07, 6.45) is 8.58. The largest absolute Gasteiger partial charge is 0.480 e. The maximum atomic E-state index is 13.9. The SMILES string of the molecule is COc1ncnc(C2CC2)c1-c1nc(C)c2nc(NCc3ccc(S(C)(=N)=O)nc3)c(=O)n([C@@H](C)C3CC3)c2n1. The van der Waals surface area contributed by atoms with E-state index in [9.17, 15) is 9.00 Å². The van der Waals surface area contributed by atoms with Crippen LogP contribution in [0.15, 0.2) is 34.5 Å². The Morgan fingerprint density at radius 1 is 1.15 bits per heavy atom. The quantitative estimate of drug-likeness (QED) is 0.307. The summed E-state index contributed by atoms with van der Waals surface area (Å²) in [5.74, 6) is 1.74. The standard InChI is InChI=1S/C27H31N9O3S/c1-14-21-25(35-23(33-14)20-22(18-8-9-18)31-13-32-26(20)39-3)36(15(2)17-6-7-17)27(37)24(34-21)30-12-16-5-10-19(29-11-16)40(4,28)38/h5,10-11,13,15,17-18,28H,6-9,12H2,1-4H3,(H,30,34)/t15-,40?/m0/s1. The van der Waals surface area contributed by atoms with Crippen molar-refractivity contribution in [1.82, 2.24) is 34.5 Å². The van der Waals surface area contributed by atoms with Gasteiger partial charge in [-0.15, -0.1) is 0 Å². The lowest BCUT2D eigenvalue weighted by Crippen LogP contribution is -2.29. The van der Waals surface area contributed by atoms with E-state index < -0.39 is 9.73 Å². The molecule has 13 heteroatoms. The molecule has 0 bridgehead atoms. The number of fused-ring (bicyclic) bond motifs is 1. The minimum atomic E-state index is -2.90. The Kier molecular flexibility index (Phi) is 6.48. The Hall–Kier alpha value is -4.00. The highest BCUT2D eigenvalue weighted by molar-refractivity contribution is 7.91. The highest BCUT2D eigenvalue weighted by atomic mass is 32.2. The molecule has 4 aromatic heterocycles. The van der Waals surface area contributed by atoms with Gasteiger partial charge >= 0.3 is 0 Å². The first kappa shape index (κ1) is 26.2. The van der Waals surface area contributed by atoms with E-state index in [1.165, 1.54) is 12.6 Å². The van der Waals surface area contributed by atoms with E-state index in [1.54, 1.807) is 30.0 Å². The summed E-state index contributed by atoms with van der Waals surface area (Å²) in [7, 11) is -1.33. The summed E-state index contributed by atoms with van der Waals surface area (Å²) < 4.78 is 27.0. The van der Waals surface area contributed by atoms with Gasteiger partial charge in [0, 0.05) is 31.0 Å². The fraction of sp³-hybridized carbons (Fsp3) is 0.444. The molecule has 1 unspecified atom stereocenters. The number of hydrogen-bond acceptors (Lipinski definition) is 11. The molecule has 0 aliphatic heterocycles. The van der Waals surface area contributed by atoms with E-state index >= 15 is 0 Å². The second kappa shape index (κ2) is 9.88. The van der Waals surface area contributed by atoms with E-state index in [-0.39, 0.29) is 29.0 Å². The van der Waals surface area contributed by atoms with Crippen molar-refractivity contribution in [1.29, 1.82) is 4.78 Å². The molecule has 0 radical (unpaired) electrons. The lowest BCUT2D eigenvalue weighted by molar-refractivity contribution is 0.397. The van der Waals surface area contributed by atoms with Crippen molar-refractivity contribution in [2.24, 2.45) is 5.92 Å². The molecular formula is C27H31N9O3S. The number of hydrogen-bond donors (Lipinski definition) is 2. The zero-order valence-electron chi connectivity index (χ0n) is 22.8. The average molecular weight is 562 g/mol. The van der Waals surface area contributed by atoms with Crippen LogP contribution < -0.4 is 15.6 Å². The summed E-state index contributed by atoms with van der Waals surface area (Å²) in [4.78, 5) is 41.3. The highest BCUT2D eigenvalue weighted by Gasteiger charge is 2.34.